The summed E-state index contributed by atoms with van der Waals surface area (Å²) in [5.74, 6) is 1.17. The third-order valence-corrected chi connectivity index (χ3v) is 3.72. The summed E-state index contributed by atoms with van der Waals surface area (Å²) in [6.45, 7) is 8.12. The van der Waals surface area contributed by atoms with Gasteiger partial charge in [-0.2, -0.15) is 5.10 Å². The first-order valence-corrected chi connectivity index (χ1v) is 6.99. The van der Waals surface area contributed by atoms with Gasteiger partial charge in [-0.25, -0.2) is 4.79 Å². The van der Waals surface area contributed by atoms with Crippen LogP contribution in [0.5, 0.6) is 0 Å². The molecule has 2 amide bonds. The minimum atomic E-state index is -0.00580. The summed E-state index contributed by atoms with van der Waals surface area (Å²) < 4.78 is 1.75. The van der Waals surface area contributed by atoms with Crippen molar-refractivity contribution in [2.45, 2.75) is 33.2 Å². The van der Waals surface area contributed by atoms with Gasteiger partial charge in [-0.1, -0.05) is 13.8 Å². The molecule has 0 spiro atoms. The highest BCUT2D eigenvalue weighted by atomic mass is 16.2. The lowest BCUT2D eigenvalue weighted by Crippen LogP contribution is -2.47. The number of likely N-dealkylation sites (tertiary alicyclic amines) is 1. The van der Waals surface area contributed by atoms with Crippen LogP contribution in [0.25, 0.3) is 0 Å². The van der Waals surface area contributed by atoms with Crippen LogP contribution in [0.15, 0.2) is 12.4 Å². The summed E-state index contributed by atoms with van der Waals surface area (Å²) in [5, 5.41) is 7.19. The lowest BCUT2D eigenvalue weighted by atomic mass is 9.92. The van der Waals surface area contributed by atoms with Gasteiger partial charge in [0.2, 0.25) is 0 Å². The smallest absolute Gasteiger partial charge is 0.317 e. The summed E-state index contributed by atoms with van der Waals surface area (Å²) in [6, 6.07) is 0.0310. The first-order valence-electron chi connectivity index (χ1n) is 6.99. The van der Waals surface area contributed by atoms with Crippen molar-refractivity contribution < 1.29 is 4.79 Å². The third kappa shape index (κ3) is 3.49. The molecular formula is C14H24N4O. The average Bonchev–Trinajstić information content (AvgIpc) is 2.74. The highest BCUT2D eigenvalue weighted by Gasteiger charge is 2.26. The van der Waals surface area contributed by atoms with Crippen LogP contribution in [0.4, 0.5) is 4.79 Å². The molecular weight excluding hydrogens is 240 g/mol. The summed E-state index contributed by atoms with van der Waals surface area (Å²) in [5.41, 5.74) is 1.04. The number of hydrogen-bond donors (Lipinski definition) is 1. The largest absolute Gasteiger partial charge is 0.331 e. The highest BCUT2D eigenvalue weighted by molar-refractivity contribution is 5.74. The number of aryl methyl sites for hydroxylation is 1. The summed E-state index contributed by atoms with van der Waals surface area (Å²) >= 11 is 0. The van der Waals surface area contributed by atoms with E-state index >= 15 is 0 Å². The molecule has 19 heavy (non-hydrogen) atoms. The van der Waals surface area contributed by atoms with E-state index in [1.54, 1.807) is 10.9 Å². The fourth-order valence-corrected chi connectivity index (χ4v) is 2.85. The molecule has 2 rings (SSSR count). The van der Waals surface area contributed by atoms with Gasteiger partial charge in [0, 0.05) is 31.9 Å². The van der Waals surface area contributed by atoms with Crippen LogP contribution in [0.3, 0.4) is 0 Å². The van der Waals surface area contributed by atoms with Crippen molar-refractivity contribution in [3.8, 4) is 0 Å². The van der Waals surface area contributed by atoms with Crippen LogP contribution in [-0.2, 0) is 7.05 Å². The van der Waals surface area contributed by atoms with Crippen molar-refractivity contribution in [1.82, 2.24) is 20.0 Å². The Morgan fingerprint density at radius 1 is 1.42 bits per heavy atom. The van der Waals surface area contributed by atoms with Crippen molar-refractivity contribution in [2.75, 3.05) is 13.1 Å². The van der Waals surface area contributed by atoms with Gasteiger partial charge in [0.15, 0.2) is 0 Å². The summed E-state index contributed by atoms with van der Waals surface area (Å²) in [4.78, 5) is 14.2. The zero-order valence-corrected chi connectivity index (χ0v) is 12.3. The molecule has 1 N–H and O–H groups in total. The van der Waals surface area contributed by atoms with Crippen molar-refractivity contribution in [3.63, 3.8) is 0 Å². The van der Waals surface area contributed by atoms with Gasteiger partial charge in [-0.15, -0.1) is 0 Å². The van der Waals surface area contributed by atoms with Gasteiger partial charge >= 0.3 is 6.03 Å². The Bertz CT molecular complexity index is 432. The van der Waals surface area contributed by atoms with E-state index in [0.717, 1.165) is 18.7 Å². The quantitative estimate of drug-likeness (QED) is 0.890. The van der Waals surface area contributed by atoms with Gasteiger partial charge in [0.1, 0.15) is 0 Å². The molecule has 0 aromatic carbocycles. The number of nitrogens with one attached hydrogen (secondary N) is 1. The number of hydrogen-bond acceptors (Lipinski definition) is 2. The topological polar surface area (TPSA) is 50.2 Å². The van der Waals surface area contributed by atoms with Crippen molar-refractivity contribution in [3.05, 3.63) is 18.0 Å². The molecule has 5 heteroatoms. The molecule has 1 aliphatic heterocycles. The molecule has 3 atom stereocenters. The minimum absolute atomic E-state index is 0.00580. The molecule has 1 saturated heterocycles. The molecule has 0 bridgehead atoms. The van der Waals surface area contributed by atoms with Crippen LogP contribution >= 0.6 is 0 Å². The highest BCUT2D eigenvalue weighted by Crippen LogP contribution is 2.21. The molecule has 0 aliphatic carbocycles. The second kappa shape index (κ2) is 5.63. The Morgan fingerprint density at radius 3 is 2.58 bits per heavy atom. The number of aromatic nitrogens is 2. The molecule has 3 unspecified atom stereocenters. The van der Waals surface area contributed by atoms with E-state index in [1.165, 1.54) is 6.42 Å². The predicted octanol–water partition coefficient (Wildman–Crippen LogP) is 2.17. The lowest BCUT2D eigenvalue weighted by Gasteiger charge is -2.35. The Labute approximate surface area is 115 Å². The number of rotatable bonds is 2. The van der Waals surface area contributed by atoms with Crippen molar-refractivity contribution >= 4 is 6.03 Å². The number of nitrogens with zero attached hydrogens (tertiary/aromatic N) is 3. The first kappa shape index (κ1) is 13.9. The van der Waals surface area contributed by atoms with Crippen molar-refractivity contribution in [2.24, 2.45) is 18.9 Å². The molecule has 1 aromatic rings. The molecule has 1 aromatic heterocycles. The fourth-order valence-electron chi connectivity index (χ4n) is 2.85. The maximum absolute atomic E-state index is 12.3. The van der Waals surface area contributed by atoms with E-state index in [1.807, 2.05) is 25.1 Å². The number of urea groups is 1. The summed E-state index contributed by atoms with van der Waals surface area (Å²) in [6.07, 6.45) is 4.95. The number of piperidine rings is 1. The van der Waals surface area contributed by atoms with Gasteiger partial charge in [-0.05, 0) is 25.2 Å². The van der Waals surface area contributed by atoms with Gasteiger partial charge in [0.25, 0.3) is 0 Å². The van der Waals surface area contributed by atoms with Crippen molar-refractivity contribution in [1.29, 1.82) is 0 Å². The molecule has 5 nitrogen and oxygen atoms in total. The van der Waals surface area contributed by atoms with E-state index in [-0.39, 0.29) is 12.1 Å². The van der Waals surface area contributed by atoms with E-state index < -0.39 is 0 Å². The van der Waals surface area contributed by atoms with Crippen LogP contribution in [0.1, 0.15) is 38.8 Å². The molecule has 0 saturated carbocycles. The number of carbonyl (C=O) groups is 1. The van der Waals surface area contributed by atoms with E-state index in [9.17, 15) is 4.79 Å². The Kier molecular flexibility index (Phi) is 4.12. The van der Waals surface area contributed by atoms with Gasteiger partial charge in [0.05, 0.1) is 12.2 Å². The minimum Gasteiger partial charge on any atom is -0.331 e. The van der Waals surface area contributed by atoms with E-state index in [2.05, 4.69) is 24.3 Å². The van der Waals surface area contributed by atoms with E-state index in [0.29, 0.717) is 11.8 Å². The van der Waals surface area contributed by atoms with Gasteiger partial charge in [-0.3, -0.25) is 4.68 Å². The van der Waals surface area contributed by atoms with Crippen LogP contribution in [0, 0.1) is 11.8 Å². The first-order chi connectivity index (χ1) is 8.95. The zero-order valence-electron chi connectivity index (χ0n) is 12.3. The standard InChI is InChI=1S/C14H24N4O/c1-10-5-11(2)8-18(7-10)14(19)16-12(3)13-6-15-17(4)9-13/h6,9-12H,5,7-8H2,1-4H3,(H,16,19). The molecule has 0 radical (unpaired) electrons. The predicted molar refractivity (Wildman–Crippen MR) is 74.7 cm³/mol. The molecule has 106 valence electrons. The Hall–Kier alpha value is -1.52. The molecule has 1 fully saturated rings. The normalized spacial score (nSPS) is 25.2. The Balaban J connectivity index is 1.93. The van der Waals surface area contributed by atoms with Crippen LogP contribution in [-0.4, -0.2) is 33.8 Å². The van der Waals surface area contributed by atoms with E-state index in [4.69, 9.17) is 0 Å². The number of amides is 2. The SMILES string of the molecule is CC1CC(C)CN(C(=O)NC(C)c2cnn(C)c2)C1. The monoisotopic (exact) mass is 264 g/mol. The van der Waals surface area contributed by atoms with Gasteiger partial charge < -0.3 is 10.2 Å². The maximum Gasteiger partial charge on any atom is 0.317 e. The maximum atomic E-state index is 12.3. The Morgan fingerprint density at radius 2 is 2.05 bits per heavy atom. The second-order valence-corrected chi connectivity index (χ2v) is 5.97. The summed E-state index contributed by atoms with van der Waals surface area (Å²) in [7, 11) is 1.88. The lowest BCUT2D eigenvalue weighted by molar-refractivity contribution is 0.144. The zero-order chi connectivity index (χ0) is 14.0. The number of carbonyl (C=O) groups excluding carboxylic acids is 1. The van der Waals surface area contributed by atoms with Crippen LogP contribution < -0.4 is 5.32 Å². The van der Waals surface area contributed by atoms with Crippen LogP contribution in [0.2, 0.25) is 0 Å². The second-order valence-electron chi connectivity index (χ2n) is 5.97. The third-order valence-electron chi connectivity index (χ3n) is 3.72. The fraction of sp³-hybridized carbons (Fsp3) is 0.714. The molecule has 1 aliphatic rings. The molecule has 2 heterocycles. The average molecular weight is 264 g/mol.